The molecular formula is C18H25N. The van der Waals surface area contributed by atoms with Gasteiger partial charge in [0.15, 0.2) is 0 Å². The van der Waals surface area contributed by atoms with Crippen LogP contribution in [0.3, 0.4) is 0 Å². The first-order chi connectivity index (χ1) is 8.91. The predicted octanol–water partition coefficient (Wildman–Crippen LogP) is 4.94. The molecule has 1 heteroatoms. The molecule has 2 rings (SSSR count). The zero-order chi connectivity index (χ0) is 14.0. The van der Waals surface area contributed by atoms with Crippen molar-refractivity contribution in [3.05, 3.63) is 59.3 Å². The second-order valence-corrected chi connectivity index (χ2v) is 6.50. The number of hydrogen-bond acceptors (Lipinski definition) is 1. The van der Waals surface area contributed by atoms with Crippen LogP contribution in [0.5, 0.6) is 0 Å². The summed E-state index contributed by atoms with van der Waals surface area (Å²) in [6.45, 7) is 12.4. The molecular weight excluding hydrogens is 230 g/mol. The molecule has 0 radical (unpaired) electrons. The molecule has 1 aromatic carbocycles. The lowest BCUT2D eigenvalue weighted by molar-refractivity contribution is 0.143. The highest BCUT2D eigenvalue weighted by atomic mass is 15.2. The van der Waals surface area contributed by atoms with Gasteiger partial charge in [-0.2, -0.15) is 0 Å². The molecule has 1 aliphatic heterocycles. The molecule has 0 fully saturated rings. The molecule has 1 aromatic rings. The molecule has 102 valence electrons. The quantitative estimate of drug-likeness (QED) is 0.723. The molecule has 0 spiro atoms. The average Bonchev–Trinajstić information content (AvgIpc) is 2.35. The minimum Gasteiger partial charge on any atom is -0.364 e. The van der Waals surface area contributed by atoms with Gasteiger partial charge in [-0.05, 0) is 30.4 Å². The van der Waals surface area contributed by atoms with Crippen LogP contribution in [0.4, 0.5) is 0 Å². The van der Waals surface area contributed by atoms with Crippen LogP contribution in [0.25, 0.3) is 0 Å². The Balaban J connectivity index is 2.44. The lowest BCUT2D eigenvalue weighted by Gasteiger charge is -2.43. The summed E-state index contributed by atoms with van der Waals surface area (Å²) in [6, 6.07) is 11.3. The van der Waals surface area contributed by atoms with Crippen LogP contribution >= 0.6 is 0 Å². The Morgan fingerprint density at radius 1 is 1.05 bits per heavy atom. The third-order valence-corrected chi connectivity index (χ3v) is 3.92. The van der Waals surface area contributed by atoms with E-state index in [1.54, 1.807) is 0 Å². The second-order valence-electron chi connectivity index (χ2n) is 6.50. The fraction of sp³-hybridized carbons (Fsp3) is 0.444. The highest BCUT2D eigenvalue weighted by Gasteiger charge is 2.32. The van der Waals surface area contributed by atoms with Crippen molar-refractivity contribution in [1.82, 2.24) is 4.90 Å². The van der Waals surface area contributed by atoms with E-state index in [9.17, 15) is 0 Å². The number of hydrogen-bond donors (Lipinski definition) is 0. The van der Waals surface area contributed by atoms with E-state index in [0.717, 1.165) is 6.54 Å². The molecule has 0 aromatic heterocycles. The van der Waals surface area contributed by atoms with Crippen LogP contribution in [0.15, 0.2) is 53.8 Å². The molecule has 0 saturated heterocycles. The van der Waals surface area contributed by atoms with Gasteiger partial charge in [0, 0.05) is 12.2 Å². The molecule has 1 unspecified atom stereocenters. The third kappa shape index (κ3) is 2.91. The SMILES string of the molecule is CC1=C(C)N(C(c2ccccc2)C(C)(C)C)CC=C1. The summed E-state index contributed by atoms with van der Waals surface area (Å²) in [6.07, 6.45) is 4.50. The Morgan fingerprint density at radius 2 is 1.68 bits per heavy atom. The largest absolute Gasteiger partial charge is 0.364 e. The van der Waals surface area contributed by atoms with Crippen molar-refractivity contribution in [2.45, 2.75) is 40.7 Å². The summed E-state index contributed by atoms with van der Waals surface area (Å²) in [4.78, 5) is 2.53. The number of benzene rings is 1. The maximum Gasteiger partial charge on any atom is 0.0591 e. The maximum atomic E-state index is 2.53. The maximum absolute atomic E-state index is 2.53. The Bertz CT molecular complexity index is 488. The van der Waals surface area contributed by atoms with Gasteiger partial charge in [-0.3, -0.25) is 0 Å². The Labute approximate surface area is 117 Å². The summed E-state index contributed by atoms with van der Waals surface area (Å²) in [7, 11) is 0. The van der Waals surface area contributed by atoms with Gasteiger partial charge in [0.05, 0.1) is 6.04 Å². The first kappa shape index (κ1) is 13.9. The summed E-state index contributed by atoms with van der Waals surface area (Å²) in [5, 5.41) is 0. The minimum atomic E-state index is 0.202. The lowest BCUT2D eigenvalue weighted by atomic mass is 9.80. The zero-order valence-corrected chi connectivity index (χ0v) is 12.8. The van der Waals surface area contributed by atoms with Crippen LogP contribution in [0.1, 0.15) is 46.2 Å². The molecule has 0 N–H and O–H groups in total. The summed E-state index contributed by atoms with van der Waals surface area (Å²) in [5.74, 6) is 0. The molecule has 1 nitrogen and oxygen atoms in total. The van der Waals surface area contributed by atoms with Crippen LogP contribution in [0, 0.1) is 5.41 Å². The standard InChI is InChI=1S/C18H25N/c1-14-10-9-13-19(15(14)2)17(18(3,4)5)16-11-7-6-8-12-16/h6-12,17H,13H2,1-5H3. The van der Waals surface area contributed by atoms with E-state index in [1.165, 1.54) is 16.8 Å². The highest BCUT2D eigenvalue weighted by Crippen LogP contribution is 2.41. The number of rotatable bonds is 2. The van der Waals surface area contributed by atoms with Crippen molar-refractivity contribution in [3.8, 4) is 0 Å². The third-order valence-electron chi connectivity index (χ3n) is 3.92. The van der Waals surface area contributed by atoms with Crippen molar-refractivity contribution in [3.63, 3.8) is 0 Å². The Hall–Kier alpha value is -1.50. The second kappa shape index (κ2) is 5.24. The fourth-order valence-corrected chi connectivity index (χ4v) is 2.91. The lowest BCUT2D eigenvalue weighted by Crippen LogP contribution is -2.37. The fourth-order valence-electron chi connectivity index (χ4n) is 2.91. The zero-order valence-electron chi connectivity index (χ0n) is 12.8. The molecule has 0 saturated carbocycles. The van der Waals surface area contributed by atoms with E-state index in [-0.39, 0.29) is 5.41 Å². The van der Waals surface area contributed by atoms with Crippen LogP contribution in [-0.4, -0.2) is 11.4 Å². The van der Waals surface area contributed by atoms with Crippen LogP contribution in [-0.2, 0) is 0 Å². The van der Waals surface area contributed by atoms with E-state index in [0.29, 0.717) is 6.04 Å². The van der Waals surface area contributed by atoms with Gasteiger partial charge in [-0.15, -0.1) is 0 Å². The van der Waals surface area contributed by atoms with Crippen molar-refractivity contribution in [2.75, 3.05) is 6.54 Å². The van der Waals surface area contributed by atoms with Gasteiger partial charge in [0.1, 0.15) is 0 Å². The highest BCUT2D eigenvalue weighted by molar-refractivity contribution is 5.30. The van der Waals surface area contributed by atoms with Gasteiger partial charge >= 0.3 is 0 Å². The summed E-state index contributed by atoms with van der Waals surface area (Å²) < 4.78 is 0. The van der Waals surface area contributed by atoms with Crippen molar-refractivity contribution >= 4 is 0 Å². The van der Waals surface area contributed by atoms with Crippen LogP contribution in [0.2, 0.25) is 0 Å². The predicted molar refractivity (Wildman–Crippen MR) is 82.9 cm³/mol. The minimum absolute atomic E-state index is 0.202. The average molecular weight is 255 g/mol. The van der Waals surface area contributed by atoms with Crippen molar-refractivity contribution in [1.29, 1.82) is 0 Å². The Morgan fingerprint density at radius 3 is 2.26 bits per heavy atom. The molecule has 0 amide bonds. The van der Waals surface area contributed by atoms with E-state index in [2.05, 4.69) is 82.0 Å². The molecule has 19 heavy (non-hydrogen) atoms. The van der Waals surface area contributed by atoms with E-state index in [4.69, 9.17) is 0 Å². The van der Waals surface area contributed by atoms with Crippen LogP contribution < -0.4 is 0 Å². The first-order valence-corrected chi connectivity index (χ1v) is 7.07. The van der Waals surface area contributed by atoms with Gasteiger partial charge in [0.25, 0.3) is 0 Å². The molecule has 0 aliphatic carbocycles. The number of allylic oxidation sites excluding steroid dienone is 3. The van der Waals surface area contributed by atoms with E-state index in [1.807, 2.05) is 0 Å². The molecule has 0 bridgehead atoms. The normalized spacial score (nSPS) is 17.8. The van der Waals surface area contributed by atoms with Crippen molar-refractivity contribution in [2.24, 2.45) is 5.41 Å². The van der Waals surface area contributed by atoms with Crippen molar-refractivity contribution < 1.29 is 0 Å². The molecule has 1 heterocycles. The van der Waals surface area contributed by atoms with Gasteiger partial charge in [-0.25, -0.2) is 0 Å². The summed E-state index contributed by atoms with van der Waals surface area (Å²) in [5.41, 5.74) is 4.37. The van der Waals surface area contributed by atoms with Gasteiger partial charge < -0.3 is 4.90 Å². The first-order valence-electron chi connectivity index (χ1n) is 7.07. The molecule has 1 atom stereocenters. The summed E-state index contributed by atoms with van der Waals surface area (Å²) >= 11 is 0. The monoisotopic (exact) mass is 255 g/mol. The van der Waals surface area contributed by atoms with E-state index >= 15 is 0 Å². The van der Waals surface area contributed by atoms with Gasteiger partial charge in [0.2, 0.25) is 0 Å². The molecule has 1 aliphatic rings. The van der Waals surface area contributed by atoms with Gasteiger partial charge in [-0.1, -0.05) is 63.3 Å². The smallest absolute Gasteiger partial charge is 0.0591 e. The topological polar surface area (TPSA) is 3.24 Å². The Kier molecular flexibility index (Phi) is 3.84. The number of nitrogens with zero attached hydrogens (tertiary/aromatic N) is 1. The van der Waals surface area contributed by atoms with E-state index < -0.39 is 0 Å².